The lowest BCUT2D eigenvalue weighted by molar-refractivity contribution is -0.144. The van der Waals surface area contributed by atoms with Gasteiger partial charge in [-0.05, 0) is 19.9 Å². The Balaban J connectivity index is 1.94. The minimum Gasteiger partial charge on any atom is -0.475 e. The first kappa shape index (κ1) is 18.9. The number of ether oxygens (including phenoxy) is 2. The van der Waals surface area contributed by atoms with E-state index in [4.69, 9.17) is 9.47 Å². The van der Waals surface area contributed by atoms with E-state index in [0.717, 1.165) is 18.2 Å². The average Bonchev–Trinajstić information content (AvgIpc) is 3.42. The van der Waals surface area contributed by atoms with Crippen molar-refractivity contribution in [2.75, 3.05) is 12.0 Å². The van der Waals surface area contributed by atoms with Crippen LogP contribution in [0.2, 0.25) is 0 Å². The molecule has 2 aliphatic rings. The smallest absolute Gasteiger partial charge is 0.333 e. The second-order valence-electron chi connectivity index (χ2n) is 7.17. The van der Waals surface area contributed by atoms with Crippen LogP contribution in [0.4, 0.5) is 10.1 Å². The van der Waals surface area contributed by atoms with Gasteiger partial charge in [-0.25, -0.2) is 18.5 Å². The third kappa shape index (κ3) is 2.82. The van der Waals surface area contributed by atoms with Crippen molar-refractivity contribution in [1.82, 2.24) is 9.55 Å². The lowest BCUT2D eigenvalue weighted by Crippen LogP contribution is -2.54. The molecule has 1 spiro atoms. The van der Waals surface area contributed by atoms with Gasteiger partial charge in [0.2, 0.25) is 0 Å². The van der Waals surface area contributed by atoms with Crippen LogP contribution in [0.1, 0.15) is 25.5 Å². The van der Waals surface area contributed by atoms with E-state index < -0.39 is 40.6 Å². The van der Waals surface area contributed by atoms with E-state index in [9.17, 15) is 23.6 Å². The third-order valence-electron chi connectivity index (χ3n) is 5.14. The molecular weight excluding hydrogens is 385 g/mol. The average molecular weight is 403 g/mol. The van der Waals surface area contributed by atoms with Gasteiger partial charge in [-0.1, -0.05) is 0 Å². The van der Waals surface area contributed by atoms with Gasteiger partial charge in [0.05, 0.1) is 18.5 Å². The molecule has 0 bridgehead atoms. The highest BCUT2D eigenvalue weighted by atomic mass is 19.1. The lowest BCUT2D eigenvalue weighted by Gasteiger charge is -2.37. The molecule has 2 aromatic rings. The van der Waals surface area contributed by atoms with Crippen LogP contribution in [-0.4, -0.2) is 40.2 Å². The lowest BCUT2D eigenvalue weighted by atomic mass is 10.1. The number of halogens is 1. The SMILES string of the molecule is COC(=O)C(C)N1C(=O)C2(CC2)Oc2cc(F)c(-n3c(=O)cc(C)[nH]c3=O)cc21. The highest BCUT2D eigenvalue weighted by molar-refractivity contribution is 6.08. The zero-order chi connectivity index (χ0) is 21.1. The Morgan fingerprint density at radius 3 is 2.52 bits per heavy atom. The van der Waals surface area contributed by atoms with Crippen LogP contribution in [0.15, 0.2) is 27.8 Å². The number of fused-ring (bicyclic) bond motifs is 1. The molecule has 1 aliphatic heterocycles. The highest BCUT2D eigenvalue weighted by Gasteiger charge is 2.59. The quantitative estimate of drug-likeness (QED) is 0.759. The number of amides is 1. The number of H-pyrrole nitrogens is 1. The van der Waals surface area contributed by atoms with E-state index in [1.165, 1.54) is 25.9 Å². The maximum absolute atomic E-state index is 14.9. The Labute approximate surface area is 163 Å². The van der Waals surface area contributed by atoms with Crippen LogP contribution in [0, 0.1) is 12.7 Å². The molecule has 29 heavy (non-hydrogen) atoms. The number of aromatic amines is 1. The molecule has 9 nitrogen and oxygen atoms in total. The van der Waals surface area contributed by atoms with Gasteiger partial charge in [0.1, 0.15) is 11.8 Å². The summed E-state index contributed by atoms with van der Waals surface area (Å²) < 4.78 is 26.0. The normalized spacial score (nSPS) is 17.5. The van der Waals surface area contributed by atoms with Gasteiger partial charge in [0.15, 0.2) is 11.4 Å². The summed E-state index contributed by atoms with van der Waals surface area (Å²) in [5.74, 6) is -1.95. The molecule has 152 valence electrons. The predicted molar refractivity (Wildman–Crippen MR) is 98.9 cm³/mol. The molecule has 1 atom stereocenters. The van der Waals surface area contributed by atoms with Crippen molar-refractivity contribution in [3.05, 3.63) is 50.5 Å². The summed E-state index contributed by atoms with van der Waals surface area (Å²) in [6.45, 7) is 3.00. The minimum atomic E-state index is -1.12. The predicted octanol–water partition coefficient (Wildman–Crippen LogP) is 0.793. The van der Waals surface area contributed by atoms with Gasteiger partial charge in [-0.2, -0.15) is 0 Å². The number of esters is 1. The molecule has 4 rings (SSSR count). The number of nitrogens with one attached hydrogen (secondary N) is 1. The Morgan fingerprint density at radius 2 is 1.93 bits per heavy atom. The monoisotopic (exact) mass is 403 g/mol. The minimum absolute atomic E-state index is 0.0516. The maximum Gasteiger partial charge on any atom is 0.333 e. The van der Waals surface area contributed by atoms with E-state index in [0.29, 0.717) is 23.1 Å². The van der Waals surface area contributed by atoms with Gasteiger partial charge >= 0.3 is 11.7 Å². The number of anilines is 1. The van der Waals surface area contributed by atoms with Crippen molar-refractivity contribution in [2.45, 2.75) is 38.3 Å². The molecule has 10 heteroatoms. The summed E-state index contributed by atoms with van der Waals surface area (Å²) in [6.07, 6.45) is 0.881. The molecule has 1 N–H and O–H groups in total. The zero-order valence-electron chi connectivity index (χ0n) is 15.9. The molecule has 1 aromatic carbocycles. The van der Waals surface area contributed by atoms with E-state index in [-0.39, 0.29) is 17.1 Å². The van der Waals surface area contributed by atoms with Crippen molar-refractivity contribution in [1.29, 1.82) is 0 Å². The number of nitrogens with zero attached hydrogens (tertiary/aromatic N) is 2. The molecule has 2 heterocycles. The molecule has 1 fully saturated rings. The molecule has 1 aliphatic carbocycles. The van der Waals surface area contributed by atoms with Crippen molar-refractivity contribution < 1.29 is 23.5 Å². The van der Waals surface area contributed by atoms with E-state index in [1.807, 2.05) is 0 Å². The number of aryl methyl sites for hydroxylation is 1. The molecule has 0 saturated heterocycles. The summed E-state index contributed by atoms with van der Waals surface area (Å²) in [4.78, 5) is 53.3. The second-order valence-corrected chi connectivity index (χ2v) is 7.17. The third-order valence-corrected chi connectivity index (χ3v) is 5.14. The number of rotatable bonds is 3. The van der Waals surface area contributed by atoms with E-state index in [2.05, 4.69) is 4.98 Å². The molecule has 1 unspecified atom stereocenters. The van der Waals surface area contributed by atoms with Crippen molar-refractivity contribution >= 4 is 17.6 Å². The molecule has 1 amide bonds. The first-order valence-corrected chi connectivity index (χ1v) is 8.96. The van der Waals surface area contributed by atoms with Crippen LogP contribution >= 0.6 is 0 Å². The Morgan fingerprint density at radius 1 is 1.24 bits per heavy atom. The number of methoxy groups -OCH3 is 1. The molecule has 1 saturated carbocycles. The van der Waals surface area contributed by atoms with Gasteiger partial charge in [0.25, 0.3) is 11.5 Å². The molecule has 0 radical (unpaired) electrons. The Hall–Kier alpha value is -3.43. The molecule has 1 aromatic heterocycles. The summed E-state index contributed by atoms with van der Waals surface area (Å²) in [5, 5.41) is 0. The van der Waals surface area contributed by atoms with E-state index in [1.54, 1.807) is 0 Å². The summed E-state index contributed by atoms with van der Waals surface area (Å²) in [5.41, 5.74) is -2.65. The molecular formula is C19H18FN3O6. The first-order chi connectivity index (χ1) is 13.7. The van der Waals surface area contributed by atoms with Crippen LogP contribution in [0.3, 0.4) is 0 Å². The van der Waals surface area contributed by atoms with Crippen LogP contribution < -0.4 is 20.9 Å². The van der Waals surface area contributed by atoms with Gasteiger partial charge in [-0.15, -0.1) is 0 Å². The second kappa shape index (κ2) is 6.29. The van der Waals surface area contributed by atoms with Crippen LogP contribution in [0.5, 0.6) is 5.75 Å². The van der Waals surface area contributed by atoms with Crippen molar-refractivity contribution in [2.24, 2.45) is 0 Å². The van der Waals surface area contributed by atoms with Gasteiger partial charge < -0.3 is 14.5 Å². The number of carbonyl (C=O) groups is 2. The summed E-state index contributed by atoms with van der Waals surface area (Å²) in [7, 11) is 1.19. The highest BCUT2D eigenvalue weighted by Crippen LogP contribution is 2.50. The summed E-state index contributed by atoms with van der Waals surface area (Å²) in [6, 6.07) is 2.30. The fourth-order valence-corrected chi connectivity index (χ4v) is 3.49. The number of hydrogen-bond acceptors (Lipinski definition) is 6. The Bertz CT molecular complexity index is 1130. The van der Waals surface area contributed by atoms with E-state index >= 15 is 0 Å². The number of aromatic nitrogens is 2. The maximum atomic E-state index is 14.9. The van der Waals surface area contributed by atoms with Crippen LogP contribution in [0.25, 0.3) is 5.69 Å². The standard InChI is InChI=1S/C19H18FN3O6/c1-9-6-15(24)23(18(27)21-9)12-8-13-14(7-11(12)20)29-19(4-5-19)17(26)22(13)10(2)16(25)28-3/h6-8,10H,4-5H2,1-3H3,(H,21,27). The Kier molecular flexibility index (Phi) is 4.10. The summed E-state index contributed by atoms with van der Waals surface area (Å²) >= 11 is 0. The van der Waals surface area contributed by atoms with Crippen LogP contribution in [-0.2, 0) is 14.3 Å². The number of benzene rings is 1. The fraction of sp³-hybridized carbons (Fsp3) is 0.368. The van der Waals surface area contributed by atoms with Gasteiger partial charge in [-0.3, -0.25) is 14.5 Å². The number of hydrogen-bond donors (Lipinski definition) is 1. The largest absolute Gasteiger partial charge is 0.475 e. The zero-order valence-corrected chi connectivity index (χ0v) is 15.9. The van der Waals surface area contributed by atoms with Crippen molar-refractivity contribution in [3.63, 3.8) is 0 Å². The first-order valence-electron chi connectivity index (χ1n) is 8.96. The topological polar surface area (TPSA) is 111 Å². The van der Waals surface area contributed by atoms with Crippen molar-refractivity contribution in [3.8, 4) is 11.4 Å². The number of carbonyl (C=O) groups excluding carboxylic acids is 2. The van der Waals surface area contributed by atoms with Gasteiger partial charge in [0, 0.05) is 30.7 Å². The fourth-order valence-electron chi connectivity index (χ4n) is 3.49.